The van der Waals surface area contributed by atoms with Crippen molar-refractivity contribution in [1.29, 1.82) is 0 Å². The molecule has 0 bridgehead atoms. The Bertz CT molecular complexity index is 970. The Morgan fingerprint density at radius 3 is 2.52 bits per heavy atom. The lowest BCUT2D eigenvalue weighted by molar-refractivity contribution is 0.415. The molecule has 142 valence electrons. The normalized spacial score (nSPS) is 11.3. The Balaban J connectivity index is 1.94. The van der Waals surface area contributed by atoms with Gasteiger partial charge >= 0.3 is 0 Å². The Hall–Kier alpha value is -2.87. The Morgan fingerprint density at radius 1 is 1.15 bits per heavy atom. The number of rotatable bonds is 8. The predicted molar refractivity (Wildman–Crippen MR) is 103 cm³/mol. The van der Waals surface area contributed by atoms with Gasteiger partial charge in [-0.3, -0.25) is 14.0 Å². The fourth-order valence-electron chi connectivity index (χ4n) is 2.68. The van der Waals surface area contributed by atoms with E-state index in [1.807, 2.05) is 25.1 Å². The number of anilines is 1. The summed E-state index contributed by atoms with van der Waals surface area (Å²) in [7, 11) is -2.18. The summed E-state index contributed by atoms with van der Waals surface area (Å²) in [5, 5.41) is 4.10. The van der Waals surface area contributed by atoms with E-state index in [2.05, 4.69) is 10.1 Å². The molecule has 0 fully saturated rings. The minimum absolute atomic E-state index is 0.168. The second-order valence-corrected chi connectivity index (χ2v) is 7.74. The first-order chi connectivity index (χ1) is 13.0. The van der Waals surface area contributed by atoms with Crippen LogP contribution in [0.2, 0.25) is 0 Å². The fourth-order valence-corrected chi connectivity index (χ4v) is 4.10. The van der Waals surface area contributed by atoms with Gasteiger partial charge in [0.25, 0.3) is 10.0 Å². The van der Waals surface area contributed by atoms with Crippen molar-refractivity contribution >= 4 is 15.7 Å². The third kappa shape index (κ3) is 4.28. The van der Waals surface area contributed by atoms with Crippen molar-refractivity contribution < 1.29 is 13.2 Å². The topological polar surface area (TPSA) is 77.3 Å². The van der Waals surface area contributed by atoms with Crippen LogP contribution in [0.25, 0.3) is 0 Å². The van der Waals surface area contributed by atoms with Crippen LogP contribution >= 0.6 is 0 Å². The molecule has 0 aliphatic carbocycles. The maximum absolute atomic E-state index is 13.3. The third-order valence-electron chi connectivity index (χ3n) is 4.18. The molecule has 0 aliphatic heterocycles. The van der Waals surface area contributed by atoms with Gasteiger partial charge in [0.1, 0.15) is 10.6 Å². The molecule has 0 N–H and O–H groups in total. The fraction of sp³-hybridized carbons (Fsp3) is 0.263. The molecule has 0 atom stereocenters. The summed E-state index contributed by atoms with van der Waals surface area (Å²) in [4.78, 5) is 4.45. The van der Waals surface area contributed by atoms with Crippen molar-refractivity contribution in [3.05, 3.63) is 66.7 Å². The number of hydrogen-bond donors (Lipinski definition) is 0. The minimum Gasteiger partial charge on any atom is -0.497 e. The predicted octanol–water partition coefficient (Wildman–Crippen LogP) is 2.74. The van der Waals surface area contributed by atoms with Crippen LogP contribution in [0.5, 0.6) is 5.75 Å². The van der Waals surface area contributed by atoms with E-state index >= 15 is 0 Å². The van der Waals surface area contributed by atoms with Crippen LogP contribution in [0.1, 0.15) is 12.6 Å². The van der Waals surface area contributed by atoms with E-state index in [0.717, 1.165) is 5.69 Å². The molecule has 0 unspecified atom stereocenters. The maximum atomic E-state index is 13.3. The zero-order valence-corrected chi connectivity index (χ0v) is 16.1. The Labute approximate surface area is 159 Å². The van der Waals surface area contributed by atoms with Crippen molar-refractivity contribution in [3.8, 4) is 5.75 Å². The minimum atomic E-state index is -3.75. The average molecular weight is 386 g/mol. The van der Waals surface area contributed by atoms with E-state index in [1.54, 1.807) is 48.5 Å². The lowest BCUT2D eigenvalue weighted by Crippen LogP contribution is -2.33. The number of hydrogen-bond acceptors (Lipinski definition) is 5. The summed E-state index contributed by atoms with van der Waals surface area (Å²) in [6, 6.07) is 12.6. The molecule has 0 spiro atoms. The zero-order chi connectivity index (χ0) is 19.3. The second-order valence-electron chi connectivity index (χ2n) is 5.88. The van der Waals surface area contributed by atoms with Crippen LogP contribution in [-0.4, -0.2) is 36.8 Å². The summed E-state index contributed by atoms with van der Waals surface area (Å²) in [5.74, 6) is 0.666. The molecule has 0 saturated heterocycles. The van der Waals surface area contributed by atoms with E-state index in [9.17, 15) is 8.42 Å². The number of methoxy groups -OCH3 is 1. The summed E-state index contributed by atoms with van der Waals surface area (Å²) in [5.41, 5.74) is 1.39. The lowest BCUT2D eigenvalue weighted by Gasteiger charge is -2.24. The number of aryl methyl sites for hydroxylation is 1. The molecule has 0 radical (unpaired) electrons. The molecule has 2 aromatic heterocycles. The van der Waals surface area contributed by atoms with Gasteiger partial charge in [0.2, 0.25) is 0 Å². The first-order valence-electron chi connectivity index (χ1n) is 8.63. The second kappa shape index (κ2) is 8.22. The molecular weight excluding hydrogens is 364 g/mol. The smallest absolute Gasteiger partial charge is 0.267 e. The maximum Gasteiger partial charge on any atom is 0.267 e. The van der Waals surface area contributed by atoms with Crippen LogP contribution in [0.3, 0.4) is 0 Å². The van der Waals surface area contributed by atoms with E-state index < -0.39 is 10.0 Å². The first kappa shape index (κ1) is 18.9. The molecule has 1 aromatic carbocycles. The molecule has 8 heteroatoms. The highest BCUT2D eigenvalue weighted by molar-refractivity contribution is 7.92. The standard InChI is InChI=1S/C19H22N4O3S/c1-3-22-15-19(14-21-22)27(24,25)23(13-11-16-6-4-5-12-20-16)17-7-9-18(26-2)10-8-17/h4-10,12,14-15H,3,11,13H2,1-2H3. The molecule has 7 nitrogen and oxygen atoms in total. The Kier molecular flexibility index (Phi) is 5.75. The van der Waals surface area contributed by atoms with E-state index in [4.69, 9.17) is 4.74 Å². The van der Waals surface area contributed by atoms with Crippen molar-refractivity contribution in [3.63, 3.8) is 0 Å². The molecule has 0 aliphatic rings. The molecular formula is C19H22N4O3S. The summed E-state index contributed by atoms with van der Waals surface area (Å²) in [6.45, 7) is 2.78. The van der Waals surface area contributed by atoms with Crippen LogP contribution in [-0.2, 0) is 23.0 Å². The molecule has 0 amide bonds. The first-order valence-corrected chi connectivity index (χ1v) is 10.1. The number of ether oxygens (including phenoxy) is 1. The van der Waals surface area contributed by atoms with Crippen molar-refractivity contribution in [2.75, 3.05) is 18.0 Å². The van der Waals surface area contributed by atoms with Crippen LogP contribution in [0.15, 0.2) is 66.0 Å². The monoisotopic (exact) mass is 386 g/mol. The largest absolute Gasteiger partial charge is 0.497 e. The number of pyridine rings is 1. The van der Waals surface area contributed by atoms with Gasteiger partial charge in [0.05, 0.1) is 19.0 Å². The van der Waals surface area contributed by atoms with Gasteiger partial charge in [0, 0.05) is 37.6 Å². The van der Waals surface area contributed by atoms with E-state index in [1.165, 1.54) is 10.5 Å². The van der Waals surface area contributed by atoms with Crippen LogP contribution in [0, 0.1) is 0 Å². The molecule has 0 saturated carbocycles. The van der Waals surface area contributed by atoms with Crippen molar-refractivity contribution in [2.45, 2.75) is 24.8 Å². The SMILES string of the molecule is CCn1cc(S(=O)(=O)N(CCc2ccccn2)c2ccc(OC)cc2)cn1. The molecule has 2 heterocycles. The van der Waals surface area contributed by atoms with Gasteiger partial charge in [-0.2, -0.15) is 5.10 Å². The average Bonchev–Trinajstić information content (AvgIpc) is 3.19. The van der Waals surface area contributed by atoms with Crippen molar-refractivity contribution in [2.24, 2.45) is 0 Å². The number of aromatic nitrogens is 3. The third-order valence-corrected chi connectivity index (χ3v) is 5.96. The summed E-state index contributed by atoms with van der Waals surface area (Å²) in [6.07, 6.45) is 5.13. The lowest BCUT2D eigenvalue weighted by atomic mass is 10.2. The van der Waals surface area contributed by atoms with Gasteiger partial charge in [-0.05, 0) is 43.3 Å². The quantitative estimate of drug-likeness (QED) is 0.595. The highest BCUT2D eigenvalue weighted by Gasteiger charge is 2.26. The van der Waals surface area contributed by atoms with Gasteiger partial charge in [-0.25, -0.2) is 8.42 Å². The van der Waals surface area contributed by atoms with Gasteiger partial charge in [-0.15, -0.1) is 0 Å². The van der Waals surface area contributed by atoms with Gasteiger partial charge in [0.15, 0.2) is 0 Å². The molecule has 3 aromatic rings. The summed E-state index contributed by atoms with van der Waals surface area (Å²) >= 11 is 0. The highest BCUT2D eigenvalue weighted by atomic mass is 32.2. The van der Waals surface area contributed by atoms with Gasteiger partial charge in [-0.1, -0.05) is 6.07 Å². The van der Waals surface area contributed by atoms with E-state index in [-0.39, 0.29) is 11.4 Å². The Morgan fingerprint density at radius 2 is 1.93 bits per heavy atom. The molecule has 27 heavy (non-hydrogen) atoms. The number of sulfonamides is 1. The van der Waals surface area contributed by atoms with Crippen LogP contribution in [0.4, 0.5) is 5.69 Å². The zero-order valence-electron chi connectivity index (χ0n) is 15.3. The van der Waals surface area contributed by atoms with Gasteiger partial charge < -0.3 is 4.74 Å². The molecule has 3 rings (SSSR count). The number of benzene rings is 1. The van der Waals surface area contributed by atoms with Crippen LogP contribution < -0.4 is 9.04 Å². The van der Waals surface area contributed by atoms with E-state index in [0.29, 0.717) is 24.4 Å². The summed E-state index contributed by atoms with van der Waals surface area (Å²) < 4.78 is 34.7. The highest BCUT2D eigenvalue weighted by Crippen LogP contribution is 2.26. The van der Waals surface area contributed by atoms with Crippen molar-refractivity contribution in [1.82, 2.24) is 14.8 Å². The number of nitrogens with zero attached hydrogens (tertiary/aromatic N) is 4.